The van der Waals surface area contributed by atoms with Gasteiger partial charge < -0.3 is 14.8 Å². The first-order valence-electron chi connectivity index (χ1n) is 7.45. The molecule has 23 heavy (non-hydrogen) atoms. The zero-order chi connectivity index (χ0) is 16.6. The van der Waals surface area contributed by atoms with E-state index in [1.165, 1.54) is 0 Å². The van der Waals surface area contributed by atoms with Gasteiger partial charge in [0.05, 0.1) is 10.7 Å². The second kappa shape index (κ2) is 6.13. The van der Waals surface area contributed by atoms with E-state index in [2.05, 4.69) is 5.32 Å². The molecule has 4 nitrogen and oxygen atoms in total. The molecule has 1 aliphatic rings. The number of nitrogens with one attached hydrogen (secondary N) is 1. The third-order valence-electron chi connectivity index (χ3n) is 3.78. The van der Waals surface area contributed by atoms with Crippen LogP contribution in [0.1, 0.15) is 18.1 Å². The van der Waals surface area contributed by atoms with E-state index in [9.17, 15) is 4.79 Å². The maximum atomic E-state index is 12.6. The Hall–Kier alpha value is -2.20. The predicted molar refractivity (Wildman–Crippen MR) is 90.5 cm³/mol. The molecule has 3 rings (SSSR count). The third-order valence-corrected chi connectivity index (χ3v) is 4.08. The standard InChI is InChI=1S/C18H18ClNO3/c1-10-8-11(2)16(13(19)9-10)20-18(21)17-12(3)22-14-6-4-5-7-15(14)23-17/h4-9,12,17H,1-3H3,(H,20,21)/t12-,17-/m1/s1. The minimum Gasteiger partial charge on any atom is -0.482 e. The maximum Gasteiger partial charge on any atom is 0.269 e. The number of hydrogen-bond acceptors (Lipinski definition) is 3. The fourth-order valence-corrected chi connectivity index (χ4v) is 3.04. The highest BCUT2D eigenvalue weighted by molar-refractivity contribution is 6.34. The number of carbonyl (C=O) groups excluding carboxylic acids is 1. The molecule has 1 amide bonds. The molecule has 0 saturated heterocycles. The van der Waals surface area contributed by atoms with Crippen LogP contribution in [-0.2, 0) is 4.79 Å². The van der Waals surface area contributed by atoms with Crippen LogP contribution in [-0.4, -0.2) is 18.1 Å². The average Bonchev–Trinajstić information content (AvgIpc) is 2.50. The van der Waals surface area contributed by atoms with E-state index >= 15 is 0 Å². The summed E-state index contributed by atoms with van der Waals surface area (Å²) in [5, 5.41) is 3.38. The lowest BCUT2D eigenvalue weighted by atomic mass is 10.1. The van der Waals surface area contributed by atoms with Crippen molar-refractivity contribution in [3.8, 4) is 11.5 Å². The van der Waals surface area contributed by atoms with Crippen LogP contribution in [0.2, 0.25) is 5.02 Å². The minimum atomic E-state index is -0.735. The molecule has 0 aliphatic carbocycles. The lowest BCUT2D eigenvalue weighted by molar-refractivity contribution is -0.128. The molecule has 0 radical (unpaired) electrons. The van der Waals surface area contributed by atoms with Gasteiger partial charge in [0.25, 0.3) is 5.91 Å². The Bertz CT molecular complexity index is 737. The van der Waals surface area contributed by atoms with E-state index in [0.29, 0.717) is 22.2 Å². The average molecular weight is 332 g/mol. The van der Waals surface area contributed by atoms with Crippen molar-refractivity contribution in [2.24, 2.45) is 0 Å². The van der Waals surface area contributed by atoms with Crippen molar-refractivity contribution in [3.05, 3.63) is 52.5 Å². The summed E-state index contributed by atoms with van der Waals surface area (Å²) >= 11 is 6.25. The van der Waals surface area contributed by atoms with Gasteiger partial charge in [-0.1, -0.05) is 29.8 Å². The molecule has 0 spiro atoms. The van der Waals surface area contributed by atoms with Gasteiger partial charge in [0.15, 0.2) is 11.5 Å². The highest BCUT2D eigenvalue weighted by Gasteiger charge is 2.34. The molecule has 1 aliphatic heterocycles. The van der Waals surface area contributed by atoms with Crippen LogP contribution in [0.5, 0.6) is 11.5 Å². The quantitative estimate of drug-likeness (QED) is 0.900. The molecule has 0 aromatic heterocycles. The third kappa shape index (κ3) is 3.13. The van der Waals surface area contributed by atoms with Crippen molar-refractivity contribution in [3.63, 3.8) is 0 Å². The van der Waals surface area contributed by atoms with Gasteiger partial charge in [-0.05, 0) is 50.1 Å². The number of halogens is 1. The molecule has 2 aromatic rings. The fraction of sp³-hybridized carbons (Fsp3) is 0.278. The zero-order valence-corrected chi connectivity index (χ0v) is 14.0. The van der Waals surface area contributed by atoms with Crippen molar-refractivity contribution in [1.82, 2.24) is 0 Å². The molecular formula is C18H18ClNO3. The van der Waals surface area contributed by atoms with Crippen LogP contribution in [0, 0.1) is 13.8 Å². The minimum absolute atomic E-state index is 0.277. The number of amides is 1. The molecule has 1 heterocycles. The molecule has 0 unspecified atom stereocenters. The summed E-state index contributed by atoms with van der Waals surface area (Å²) in [6, 6.07) is 11.1. The number of benzene rings is 2. The smallest absolute Gasteiger partial charge is 0.269 e. The summed E-state index contributed by atoms with van der Waals surface area (Å²) < 4.78 is 11.6. The van der Waals surface area contributed by atoms with Gasteiger partial charge in [-0.15, -0.1) is 0 Å². The van der Waals surface area contributed by atoms with E-state index in [4.69, 9.17) is 21.1 Å². The SMILES string of the molecule is Cc1cc(C)c(NC(=O)[C@@H]2Oc3ccccc3O[C@@H]2C)c(Cl)c1. The number of anilines is 1. The Labute approximate surface area is 140 Å². The van der Waals surface area contributed by atoms with Gasteiger partial charge in [-0.3, -0.25) is 4.79 Å². The number of fused-ring (bicyclic) bond motifs is 1. The van der Waals surface area contributed by atoms with Crippen molar-refractivity contribution >= 4 is 23.2 Å². The van der Waals surface area contributed by atoms with E-state index in [1.54, 1.807) is 6.07 Å². The number of para-hydroxylation sites is 2. The van der Waals surface area contributed by atoms with Crippen molar-refractivity contribution in [2.75, 3.05) is 5.32 Å². The Morgan fingerprint density at radius 1 is 1.13 bits per heavy atom. The van der Waals surface area contributed by atoms with Crippen LogP contribution < -0.4 is 14.8 Å². The maximum absolute atomic E-state index is 12.6. The number of carbonyl (C=O) groups is 1. The Balaban J connectivity index is 1.82. The topological polar surface area (TPSA) is 47.6 Å². The highest BCUT2D eigenvalue weighted by Crippen LogP contribution is 2.34. The van der Waals surface area contributed by atoms with Gasteiger partial charge in [0.1, 0.15) is 6.10 Å². The number of ether oxygens (including phenoxy) is 2. The predicted octanol–water partition coefficient (Wildman–Crippen LogP) is 4.12. The molecule has 2 atom stereocenters. The zero-order valence-electron chi connectivity index (χ0n) is 13.2. The summed E-state index contributed by atoms with van der Waals surface area (Å²) in [7, 11) is 0. The summed E-state index contributed by atoms with van der Waals surface area (Å²) in [6.45, 7) is 5.68. The molecule has 0 fully saturated rings. The molecule has 5 heteroatoms. The van der Waals surface area contributed by atoms with Crippen LogP contribution in [0.15, 0.2) is 36.4 Å². The van der Waals surface area contributed by atoms with E-state index in [1.807, 2.05) is 51.1 Å². The van der Waals surface area contributed by atoms with Crippen LogP contribution in [0.4, 0.5) is 5.69 Å². The number of hydrogen-bond donors (Lipinski definition) is 1. The van der Waals surface area contributed by atoms with E-state index in [0.717, 1.165) is 11.1 Å². The Kier molecular flexibility index (Phi) is 4.18. The summed E-state index contributed by atoms with van der Waals surface area (Å²) in [5.41, 5.74) is 2.56. The van der Waals surface area contributed by atoms with Crippen LogP contribution >= 0.6 is 11.6 Å². The van der Waals surface area contributed by atoms with Gasteiger partial charge in [-0.25, -0.2) is 0 Å². The first-order chi connectivity index (χ1) is 11.0. The lowest BCUT2D eigenvalue weighted by Gasteiger charge is -2.31. The fourth-order valence-electron chi connectivity index (χ4n) is 2.67. The van der Waals surface area contributed by atoms with Gasteiger partial charge in [0.2, 0.25) is 6.10 Å². The van der Waals surface area contributed by atoms with Crippen molar-refractivity contribution in [1.29, 1.82) is 0 Å². The number of rotatable bonds is 2. The van der Waals surface area contributed by atoms with Gasteiger partial charge >= 0.3 is 0 Å². The molecular weight excluding hydrogens is 314 g/mol. The monoisotopic (exact) mass is 331 g/mol. The Morgan fingerprint density at radius 2 is 1.78 bits per heavy atom. The largest absolute Gasteiger partial charge is 0.482 e. The van der Waals surface area contributed by atoms with Crippen molar-refractivity contribution < 1.29 is 14.3 Å². The molecule has 2 aromatic carbocycles. The Morgan fingerprint density at radius 3 is 2.43 bits per heavy atom. The van der Waals surface area contributed by atoms with E-state index in [-0.39, 0.29) is 5.91 Å². The van der Waals surface area contributed by atoms with Gasteiger partial charge in [-0.2, -0.15) is 0 Å². The summed E-state index contributed by atoms with van der Waals surface area (Å²) in [4.78, 5) is 12.6. The summed E-state index contributed by atoms with van der Waals surface area (Å²) in [6.07, 6.45) is -1.13. The van der Waals surface area contributed by atoms with E-state index < -0.39 is 12.2 Å². The van der Waals surface area contributed by atoms with Crippen LogP contribution in [0.25, 0.3) is 0 Å². The molecule has 0 saturated carbocycles. The first-order valence-corrected chi connectivity index (χ1v) is 7.83. The van der Waals surface area contributed by atoms with Crippen molar-refractivity contribution in [2.45, 2.75) is 33.0 Å². The van der Waals surface area contributed by atoms with Gasteiger partial charge in [0, 0.05) is 0 Å². The first kappa shape index (κ1) is 15.7. The molecule has 1 N–H and O–H groups in total. The lowest BCUT2D eigenvalue weighted by Crippen LogP contribution is -2.46. The molecule has 0 bridgehead atoms. The summed E-state index contributed by atoms with van der Waals surface area (Å²) in [5.74, 6) is 0.937. The second-order valence-electron chi connectivity index (χ2n) is 5.74. The number of aryl methyl sites for hydroxylation is 2. The highest BCUT2D eigenvalue weighted by atomic mass is 35.5. The van der Waals surface area contributed by atoms with Crippen LogP contribution in [0.3, 0.4) is 0 Å². The second-order valence-corrected chi connectivity index (χ2v) is 6.14. The normalized spacial score (nSPS) is 19.3. The molecule has 120 valence electrons.